The first-order valence-electron chi connectivity index (χ1n) is 6.55. The van der Waals surface area contributed by atoms with Gasteiger partial charge >= 0.3 is 0 Å². The molecular formula is C13H19FN6. The van der Waals surface area contributed by atoms with Gasteiger partial charge in [-0.1, -0.05) is 6.92 Å². The van der Waals surface area contributed by atoms with Gasteiger partial charge in [-0.3, -0.25) is 4.68 Å². The lowest BCUT2D eigenvalue weighted by atomic mass is 10.3. The van der Waals surface area contributed by atoms with E-state index >= 15 is 0 Å². The van der Waals surface area contributed by atoms with E-state index in [0.29, 0.717) is 12.5 Å². The smallest absolute Gasteiger partial charge is 0.225 e. The first kappa shape index (κ1) is 14.2. The molecule has 0 fully saturated rings. The maximum Gasteiger partial charge on any atom is 0.225 e. The Balaban J connectivity index is 2.01. The third-order valence-electron chi connectivity index (χ3n) is 2.74. The highest BCUT2D eigenvalue weighted by molar-refractivity contribution is 5.42. The molecule has 0 radical (unpaired) electrons. The summed E-state index contributed by atoms with van der Waals surface area (Å²) in [5.74, 6) is 0.235. The van der Waals surface area contributed by atoms with Crippen LogP contribution in [0.5, 0.6) is 0 Å². The average molecular weight is 278 g/mol. The first-order chi connectivity index (χ1) is 9.60. The van der Waals surface area contributed by atoms with Crippen molar-refractivity contribution in [2.45, 2.75) is 26.4 Å². The number of aryl methyl sites for hydroxylation is 1. The van der Waals surface area contributed by atoms with Gasteiger partial charge in [-0.15, -0.1) is 0 Å². The van der Waals surface area contributed by atoms with Gasteiger partial charge in [0.2, 0.25) is 5.95 Å². The van der Waals surface area contributed by atoms with Crippen LogP contribution in [0.1, 0.15) is 18.9 Å². The Bertz CT molecular complexity index is 566. The maximum absolute atomic E-state index is 13.5. The van der Waals surface area contributed by atoms with E-state index in [2.05, 4.69) is 27.3 Å². The second kappa shape index (κ2) is 6.31. The molecule has 6 nitrogen and oxygen atoms in total. The van der Waals surface area contributed by atoms with Crippen LogP contribution in [0.25, 0.3) is 0 Å². The quantitative estimate of drug-likeness (QED) is 0.874. The molecule has 0 saturated carbocycles. The van der Waals surface area contributed by atoms with Crippen molar-refractivity contribution in [2.24, 2.45) is 0 Å². The van der Waals surface area contributed by atoms with Gasteiger partial charge in [-0.25, -0.2) is 9.37 Å². The highest BCUT2D eigenvalue weighted by Crippen LogP contribution is 2.14. The van der Waals surface area contributed by atoms with Crippen molar-refractivity contribution in [1.29, 1.82) is 0 Å². The third-order valence-corrected chi connectivity index (χ3v) is 2.74. The van der Waals surface area contributed by atoms with E-state index in [-0.39, 0.29) is 5.82 Å². The highest BCUT2D eigenvalue weighted by Gasteiger charge is 2.08. The first-order valence-corrected chi connectivity index (χ1v) is 6.55. The van der Waals surface area contributed by atoms with Crippen LogP contribution in [0.3, 0.4) is 0 Å². The van der Waals surface area contributed by atoms with E-state index in [1.807, 2.05) is 10.9 Å². The molecule has 0 spiro atoms. The van der Waals surface area contributed by atoms with Crippen LogP contribution in [0.2, 0.25) is 0 Å². The van der Waals surface area contributed by atoms with Gasteiger partial charge < -0.3 is 10.2 Å². The van der Waals surface area contributed by atoms with Crippen molar-refractivity contribution < 1.29 is 4.39 Å². The number of anilines is 2. The van der Waals surface area contributed by atoms with Gasteiger partial charge in [0.25, 0.3) is 0 Å². The largest absolute Gasteiger partial charge is 0.360 e. The Morgan fingerprint density at radius 3 is 2.85 bits per heavy atom. The fraction of sp³-hybridized carbons (Fsp3) is 0.462. The minimum absolute atomic E-state index is 0.268. The number of aromatic nitrogens is 4. The van der Waals surface area contributed by atoms with Crippen LogP contribution < -0.4 is 10.2 Å². The van der Waals surface area contributed by atoms with Crippen LogP contribution in [-0.2, 0) is 13.1 Å². The van der Waals surface area contributed by atoms with Gasteiger partial charge in [0, 0.05) is 38.9 Å². The molecule has 2 heterocycles. The van der Waals surface area contributed by atoms with E-state index in [9.17, 15) is 4.39 Å². The van der Waals surface area contributed by atoms with Crippen molar-refractivity contribution in [3.8, 4) is 0 Å². The summed E-state index contributed by atoms with van der Waals surface area (Å²) in [7, 11) is 3.48. The molecule has 0 aromatic carbocycles. The van der Waals surface area contributed by atoms with E-state index in [1.54, 1.807) is 25.2 Å². The van der Waals surface area contributed by atoms with Crippen molar-refractivity contribution in [3.05, 3.63) is 30.0 Å². The summed E-state index contributed by atoms with van der Waals surface area (Å²) in [6.07, 6.45) is 6.00. The lowest BCUT2D eigenvalue weighted by Gasteiger charge is -2.13. The third kappa shape index (κ3) is 3.43. The Hall–Kier alpha value is -2.18. The molecule has 2 aromatic rings. The fourth-order valence-electron chi connectivity index (χ4n) is 1.79. The summed E-state index contributed by atoms with van der Waals surface area (Å²) in [6, 6.07) is 0. The number of nitrogens with one attached hydrogen (secondary N) is 1. The predicted molar refractivity (Wildman–Crippen MR) is 76.2 cm³/mol. The van der Waals surface area contributed by atoms with Crippen LogP contribution in [0.15, 0.2) is 18.6 Å². The van der Waals surface area contributed by atoms with E-state index in [1.165, 1.54) is 6.20 Å². The van der Waals surface area contributed by atoms with Crippen LogP contribution >= 0.6 is 0 Å². The van der Waals surface area contributed by atoms with E-state index in [0.717, 1.165) is 18.5 Å². The van der Waals surface area contributed by atoms with Gasteiger partial charge in [0.1, 0.15) is 0 Å². The van der Waals surface area contributed by atoms with Gasteiger partial charge in [-0.2, -0.15) is 10.1 Å². The van der Waals surface area contributed by atoms with Gasteiger partial charge in [-0.05, 0) is 6.42 Å². The molecule has 1 N–H and O–H groups in total. The topological polar surface area (TPSA) is 58.9 Å². The molecule has 0 aliphatic carbocycles. The summed E-state index contributed by atoms with van der Waals surface area (Å²) in [5, 5.41) is 7.32. The van der Waals surface area contributed by atoms with E-state index < -0.39 is 5.82 Å². The Kier molecular flexibility index (Phi) is 4.49. The minimum Gasteiger partial charge on any atom is -0.360 e. The Morgan fingerprint density at radius 2 is 2.15 bits per heavy atom. The molecule has 0 saturated heterocycles. The highest BCUT2D eigenvalue weighted by atomic mass is 19.1. The normalized spacial score (nSPS) is 10.6. The van der Waals surface area contributed by atoms with E-state index in [4.69, 9.17) is 0 Å². The average Bonchev–Trinajstić information content (AvgIpc) is 2.86. The number of hydrogen-bond acceptors (Lipinski definition) is 5. The molecular weight excluding hydrogens is 259 g/mol. The number of rotatable bonds is 6. The van der Waals surface area contributed by atoms with Crippen LogP contribution in [-0.4, -0.2) is 33.8 Å². The SMILES string of the molecule is CCCn1cc(CNc2ncc(F)c(N(C)C)n2)cn1. The summed E-state index contributed by atoms with van der Waals surface area (Å²) in [5.41, 5.74) is 1.04. The zero-order chi connectivity index (χ0) is 14.5. The molecule has 0 amide bonds. The van der Waals surface area contributed by atoms with Crippen LogP contribution in [0.4, 0.5) is 16.2 Å². The number of nitrogens with zero attached hydrogens (tertiary/aromatic N) is 5. The molecule has 0 aliphatic heterocycles. The number of hydrogen-bond donors (Lipinski definition) is 1. The fourth-order valence-corrected chi connectivity index (χ4v) is 1.79. The van der Waals surface area contributed by atoms with Crippen molar-refractivity contribution >= 4 is 11.8 Å². The Morgan fingerprint density at radius 1 is 1.35 bits per heavy atom. The van der Waals surface area contributed by atoms with Gasteiger partial charge in [0.15, 0.2) is 11.6 Å². The molecule has 0 aliphatic rings. The molecule has 0 atom stereocenters. The predicted octanol–water partition coefficient (Wildman–Crippen LogP) is 1.90. The van der Waals surface area contributed by atoms with Crippen molar-refractivity contribution in [2.75, 3.05) is 24.3 Å². The van der Waals surface area contributed by atoms with Crippen molar-refractivity contribution in [1.82, 2.24) is 19.7 Å². The zero-order valence-corrected chi connectivity index (χ0v) is 12.0. The summed E-state index contributed by atoms with van der Waals surface area (Å²) >= 11 is 0. The lowest BCUT2D eigenvalue weighted by molar-refractivity contribution is 0.602. The molecule has 0 unspecified atom stereocenters. The van der Waals surface area contributed by atoms with Gasteiger partial charge in [0.05, 0.1) is 12.4 Å². The number of halogens is 1. The summed E-state index contributed by atoms with van der Waals surface area (Å²) in [4.78, 5) is 9.67. The minimum atomic E-state index is -0.434. The standard InChI is InChI=1S/C13H19FN6/c1-4-5-20-9-10(7-17-20)6-15-13-16-8-11(14)12(18-13)19(2)3/h7-9H,4-6H2,1-3H3,(H,15,16,18). The lowest BCUT2D eigenvalue weighted by Crippen LogP contribution is -2.15. The molecule has 20 heavy (non-hydrogen) atoms. The summed E-state index contributed by atoms with van der Waals surface area (Å²) in [6.45, 7) is 3.56. The molecule has 108 valence electrons. The summed E-state index contributed by atoms with van der Waals surface area (Å²) < 4.78 is 15.4. The molecule has 0 bridgehead atoms. The Labute approximate surface area is 117 Å². The monoisotopic (exact) mass is 278 g/mol. The van der Waals surface area contributed by atoms with Crippen molar-refractivity contribution in [3.63, 3.8) is 0 Å². The molecule has 2 rings (SSSR count). The molecule has 7 heteroatoms. The molecule has 2 aromatic heterocycles. The maximum atomic E-state index is 13.5. The zero-order valence-electron chi connectivity index (χ0n) is 12.0. The second-order valence-corrected chi connectivity index (χ2v) is 4.72. The van der Waals surface area contributed by atoms with Crippen LogP contribution in [0, 0.1) is 5.82 Å². The second-order valence-electron chi connectivity index (χ2n) is 4.72.